The van der Waals surface area contributed by atoms with E-state index < -0.39 is 0 Å². The molecule has 0 aliphatic heterocycles. The van der Waals surface area contributed by atoms with Gasteiger partial charge < -0.3 is 9.80 Å². The van der Waals surface area contributed by atoms with Crippen molar-refractivity contribution in [2.45, 2.75) is 76.0 Å². The molecule has 0 spiro atoms. The molecular weight excluding hydrogens is 873 g/mol. The molecule has 2 aliphatic rings. The Morgan fingerprint density at radius 1 is 0.292 bits per heavy atom. The lowest BCUT2D eigenvalue weighted by atomic mass is 9.83. The van der Waals surface area contributed by atoms with Crippen molar-refractivity contribution in [3.05, 3.63) is 230 Å². The van der Waals surface area contributed by atoms with Crippen molar-refractivity contribution in [2.75, 3.05) is 9.80 Å². The van der Waals surface area contributed by atoms with Crippen LogP contribution in [-0.4, -0.2) is 9.97 Å². The van der Waals surface area contributed by atoms with Crippen molar-refractivity contribution >= 4 is 77.2 Å². The molecule has 0 amide bonds. The van der Waals surface area contributed by atoms with Crippen molar-refractivity contribution in [2.24, 2.45) is 0 Å². The molecule has 2 heterocycles. The van der Waals surface area contributed by atoms with E-state index in [1.165, 1.54) is 108 Å². The summed E-state index contributed by atoms with van der Waals surface area (Å²) in [5.74, 6) is 1.29. The number of benzene rings is 9. The van der Waals surface area contributed by atoms with Crippen molar-refractivity contribution in [3.8, 4) is 22.5 Å². The van der Waals surface area contributed by atoms with Crippen LogP contribution in [0, 0.1) is 0 Å². The molecule has 72 heavy (non-hydrogen) atoms. The number of rotatable bonds is 10. The maximum atomic E-state index is 5.34. The third-order valence-corrected chi connectivity index (χ3v) is 15.9. The third-order valence-electron chi connectivity index (χ3n) is 15.9. The Labute approximate surface area is 423 Å². The molecule has 350 valence electrons. The number of anilines is 6. The summed E-state index contributed by atoms with van der Waals surface area (Å²) in [6.07, 6.45) is 17.1. The summed E-state index contributed by atoms with van der Waals surface area (Å²) in [5.41, 5.74) is 13.6. The van der Waals surface area contributed by atoms with Crippen LogP contribution in [0.5, 0.6) is 0 Å². The van der Waals surface area contributed by atoms with Crippen LogP contribution in [0.4, 0.5) is 34.1 Å². The van der Waals surface area contributed by atoms with Gasteiger partial charge in [0.15, 0.2) is 0 Å². The average Bonchev–Trinajstić information content (AvgIpc) is 3.46. The molecule has 4 nitrogen and oxygen atoms in total. The topological polar surface area (TPSA) is 32.3 Å². The first kappa shape index (κ1) is 43.9. The standard InChI is InChI=1S/C68H58N4/c1-5-19-47(20-6-1)49-33-37-53(38-34-49)71(51-23-9-3-10-24-51)55-41-43-69-63(45-55)65-61-31-17-18-32-62(61)66(68-60-30-16-14-28-58(60)57-27-13-15-29-59(57)67(65)68)64-46-56(42-44-70-64)72(52-25-11-4-12-26-52)54-39-35-50(36-40-54)48-21-7-2-8-22-48/h3-4,9-18,23-48H,1-2,5-8,19-22H2. The van der Waals surface area contributed by atoms with E-state index >= 15 is 0 Å². The SMILES string of the molecule is c1ccc(N(c2ccc(C3CCCCC3)cc2)c2ccnc(-c3c4ccccc4c(-c4cc(N(c5ccccc5)c5ccc(C6CCCCC6)cc5)ccn4)c4c5ccccc5c5ccccc5c34)c2)cc1. The van der Waals surface area contributed by atoms with Crippen molar-refractivity contribution in [3.63, 3.8) is 0 Å². The lowest BCUT2D eigenvalue weighted by Crippen LogP contribution is -2.11. The Balaban J connectivity index is 1.03. The molecule has 0 atom stereocenters. The number of pyridine rings is 2. The van der Waals surface area contributed by atoms with E-state index in [-0.39, 0.29) is 0 Å². The fourth-order valence-electron chi connectivity index (χ4n) is 12.5. The zero-order valence-electron chi connectivity index (χ0n) is 40.8. The van der Waals surface area contributed by atoms with Gasteiger partial charge in [-0.15, -0.1) is 0 Å². The molecule has 0 bridgehead atoms. The average molecular weight is 931 g/mol. The molecular formula is C68H58N4. The van der Waals surface area contributed by atoms with E-state index in [0.29, 0.717) is 11.8 Å². The van der Waals surface area contributed by atoms with E-state index in [9.17, 15) is 0 Å². The lowest BCUT2D eigenvalue weighted by molar-refractivity contribution is 0.443. The van der Waals surface area contributed by atoms with Crippen molar-refractivity contribution < 1.29 is 0 Å². The summed E-state index contributed by atoms with van der Waals surface area (Å²) in [6, 6.07) is 76.1. The molecule has 2 saturated carbocycles. The second-order valence-corrected chi connectivity index (χ2v) is 20.1. The second kappa shape index (κ2) is 19.3. The van der Waals surface area contributed by atoms with Crippen LogP contribution in [0.15, 0.2) is 219 Å². The number of nitrogens with zero attached hydrogens (tertiary/aromatic N) is 4. The van der Waals surface area contributed by atoms with E-state index in [0.717, 1.165) is 67.4 Å². The molecule has 2 aromatic heterocycles. The van der Waals surface area contributed by atoms with Gasteiger partial charge in [0.2, 0.25) is 0 Å². The first-order chi connectivity index (χ1) is 35.7. The normalized spacial score (nSPS) is 14.6. The molecule has 11 aromatic rings. The monoisotopic (exact) mass is 930 g/mol. The van der Waals surface area contributed by atoms with Crippen LogP contribution in [0.3, 0.4) is 0 Å². The van der Waals surface area contributed by atoms with Crippen LogP contribution in [0.1, 0.15) is 87.2 Å². The third kappa shape index (κ3) is 8.05. The lowest BCUT2D eigenvalue weighted by Gasteiger charge is -2.28. The number of aromatic nitrogens is 2. The van der Waals surface area contributed by atoms with Crippen LogP contribution < -0.4 is 9.80 Å². The van der Waals surface area contributed by atoms with Gasteiger partial charge in [-0.1, -0.05) is 172 Å². The van der Waals surface area contributed by atoms with Gasteiger partial charge in [-0.05, 0) is 154 Å². The minimum Gasteiger partial charge on any atom is -0.310 e. The number of fused-ring (bicyclic) bond motifs is 7. The highest BCUT2D eigenvalue weighted by Crippen LogP contribution is 2.50. The summed E-state index contributed by atoms with van der Waals surface area (Å²) in [5, 5.41) is 9.45. The minimum absolute atomic E-state index is 0.643. The Morgan fingerprint density at radius 2 is 0.625 bits per heavy atom. The van der Waals surface area contributed by atoms with Crippen molar-refractivity contribution in [1.82, 2.24) is 9.97 Å². The summed E-state index contributed by atoms with van der Waals surface area (Å²) in [4.78, 5) is 15.4. The second-order valence-electron chi connectivity index (χ2n) is 20.1. The first-order valence-electron chi connectivity index (χ1n) is 26.4. The molecule has 0 unspecified atom stereocenters. The number of hydrogen-bond donors (Lipinski definition) is 0. The molecule has 0 N–H and O–H groups in total. The summed E-state index contributed by atoms with van der Waals surface area (Å²) in [7, 11) is 0. The maximum Gasteiger partial charge on any atom is 0.0735 e. The number of hydrogen-bond acceptors (Lipinski definition) is 4. The quantitative estimate of drug-likeness (QED) is 0.101. The summed E-state index contributed by atoms with van der Waals surface area (Å²) in [6.45, 7) is 0. The van der Waals surface area contributed by atoms with Crippen LogP contribution in [-0.2, 0) is 0 Å². The van der Waals surface area contributed by atoms with Gasteiger partial charge in [0.25, 0.3) is 0 Å². The van der Waals surface area contributed by atoms with Crippen LogP contribution in [0.25, 0.3) is 65.6 Å². The molecule has 13 rings (SSSR count). The Morgan fingerprint density at radius 3 is 1.01 bits per heavy atom. The maximum absolute atomic E-state index is 5.34. The predicted octanol–water partition coefficient (Wildman–Crippen LogP) is 19.5. The summed E-state index contributed by atoms with van der Waals surface area (Å²) >= 11 is 0. The van der Waals surface area contributed by atoms with Gasteiger partial charge in [0.05, 0.1) is 11.4 Å². The Hall–Kier alpha value is -8.08. The number of para-hydroxylation sites is 2. The van der Waals surface area contributed by atoms with E-state index in [4.69, 9.17) is 9.97 Å². The molecule has 0 saturated heterocycles. The molecule has 0 radical (unpaired) electrons. The minimum atomic E-state index is 0.643. The van der Waals surface area contributed by atoms with Gasteiger partial charge in [0, 0.05) is 68.4 Å². The van der Waals surface area contributed by atoms with E-state index in [2.05, 4.69) is 216 Å². The van der Waals surface area contributed by atoms with Gasteiger partial charge in [-0.3, -0.25) is 9.97 Å². The predicted molar refractivity (Wildman–Crippen MR) is 304 cm³/mol. The fourth-order valence-corrected chi connectivity index (χ4v) is 12.5. The van der Waals surface area contributed by atoms with Gasteiger partial charge in [0.1, 0.15) is 0 Å². The fraction of sp³-hybridized carbons (Fsp3) is 0.176. The molecule has 9 aromatic carbocycles. The van der Waals surface area contributed by atoms with Gasteiger partial charge in [-0.25, -0.2) is 0 Å². The Bertz CT molecular complexity index is 3460. The van der Waals surface area contributed by atoms with Crippen molar-refractivity contribution in [1.29, 1.82) is 0 Å². The smallest absolute Gasteiger partial charge is 0.0735 e. The molecule has 2 fully saturated rings. The summed E-state index contributed by atoms with van der Waals surface area (Å²) < 4.78 is 0. The van der Waals surface area contributed by atoms with E-state index in [1.54, 1.807) is 0 Å². The van der Waals surface area contributed by atoms with Gasteiger partial charge >= 0.3 is 0 Å². The largest absolute Gasteiger partial charge is 0.310 e. The zero-order chi connectivity index (χ0) is 47.8. The zero-order valence-corrected chi connectivity index (χ0v) is 40.8. The highest BCUT2D eigenvalue weighted by atomic mass is 15.1. The van der Waals surface area contributed by atoms with E-state index in [1.807, 2.05) is 12.4 Å². The van der Waals surface area contributed by atoms with Gasteiger partial charge in [-0.2, -0.15) is 0 Å². The first-order valence-corrected chi connectivity index (χ1v) is 26.4. The highest BCUT2D eigenvalue weighted by Gasteiger charge is 2.26. The Kier molecular flexibility index (Phi) is 11.7. The molecule has 4 heteroatoms. The highest BCUT2D eigenvalue weighted by molar-refractivity contribution is 6.36. The van der Waals surface area contributed by atoms with Crippen LogP contribution in [0.2, 0.25) is 0 Å². The molecule has 2 aliphatic carbocycles. The van der Waals surface area contributed by atoms with Crippen LogP contribution >= 0.6 is 0 Å².